The van der Waals surface area contributed by atoms with E-state index in [0.717, 1.165) is 5.56 Å². The van der Waals surface area contributed by atoms with Crippen LogP contribution < -0.4 is 10.6 Å². The number of carbonyl (C=O) groups is 1. The molecule has 28 heavy (non-hydrogen) atoms. The molecule has 1 heterocycles. The molecule has 10 heteroatoms. The maximum absolute atomic E-state index is 12.5. The summed E-state index contributed by atoms with van der Waals surface area (Å²) >= 11 is 0. The van der Waals surface area contributed by atoms with Crippen molar-refractivity contribution in [2.75, 3.05) is 40.8 Å². The zero-order valence-corrected chi connectivity index (χ0v) is 18.5. The first-order valence-corrected chi connectivity index (χ1v) is 8.75. The summed E-state index contributed by atoms with van der Waals surface area (Å²) in [4.78, 5) is 18.9. The van der Waals surface area contributed by atoms with Crippen molar-refractivity contribution in [3.05, 3.63) is 35.4 Å². The highest BCUT2D eigenvalue weighted by Gasteiger charge is 2.34. The summed E-state index contributed by atoms with van der Waals surface area (Å²) in [5, 5.41) is 6.32. The largest absolute Gasteiger partial charge is 0.401 e. The Labute approximate surface area is 180 Å². The fourth-order valence-corrected chi connectivity index (χ4v) is 2.94. The van der Waals surface area contributed by atoms with Crippen LogP contribution in [-0.4, -0.2) is 74.7 Å². The summed E-state index contributed by atoms with van der Waals surface area (Å²) in [6.45, 7) is 0.363. The molecule has 1 amide bonds. The van der Waals surface area contributed by atoms with Crippen LogP contribution in [0.25, 0.3) is 0 Å². The summed E-state index contributed by atoms with van der Waals surface area (Å²) in [7, 11) is 5.02. The lowest BCUT2D eigenvalue weighted by atomic mass is 10.1. The normalized spacial score (nSPS) is 17.8. The Morgan fingerprint density at radius 2 is 1.93 bits per heavy atom. The van der Waals surface area contributed by atoms with Gasteiger partial charge in [-0.05, 0) is 24.1 Å². The lowest BCUT2D eigenvalue weighted by Gasteiger charge is -2.20. The fraction of sp³-hybridized carbons (Fsp3) is 0.556. The minimum Gasteiger partial charge on any atom is -0.352 e. The fourth-order valence-electron chi connectivity index (χ4n) is 2.94. The summed E-state index contributed by atoms with van der Waals surface area (Å²) in [5.74, 6) is 0.485. The van der Waals surface area contributed by atoms with E-state index >= 15 is 0 Å². The van der Waals surface area contributed by atoms with Crippen molar-refractivity contribution in [2.45, 2.75) is 25.2 Å². The number of halogens is 4. The summed E-state index contributed by atoms with van der Waals surface area (Å²) < 4.78 is 37.4. The number of aliphatic imine (C=N–C) groups is 1. The number of guanidine groups is 1. The van der Waals surface area contributed by atoms with Gasteiger partial charge in [-0.15, -0.1) is 24.0 Å². The van der Waals surface area contributed by atoms with E-state index in [0.29, 0.717) is 37.6 Å². The van der Waals surface area contributed by atoms with Gasteiger partial charge >= 0.3 is 6.18 Å². The number of amides is 1. The maximum atomic E-state index is 12.5. The van der Waals surface area contributed by atoms with Gasteiger partial charge < -0.3 is 15.5 Å². The van der Waals surface area contributed by atoms with Crippen molar-refractivity contribution in [1.82, 2.24) is 20.4 Å². The number of hydrogen-bond acceptors (Lipinski definition) is 3. The third-order valence-corrected chi connectivity index (χ3v) is 4.31. The van der Waals surface area contributed by atoms with E-state index in [1.165, 1.54) is 9.80 Å². The number of alkyl halides is 3. The van der Waals surface area contributed by atoms with Crippen LogP contribution in [0.2, 0.25) is 0 Å². The second kappa shape index (κ2) is 10.8. The second-order valence-electron chi connectivity index (χ2n) is 6.80. The second-order valence-corrected chi connectivity index (χ2v) is 6.80. The highest BCUT2D eigenvalue weighted by molar-refractivity contribution is 14.0. The van der Waals surface area contributed by atoms with Crippen LogP contribution in [0.15, 0.2) is 29.3 Å². The molecular weight excluding hydrogens is 486 g/mol. The van der Waals surface area contributed by atoms with Gasteiger partial charge in [0.2, 0.25) is 0 Å². The molecule has 6 nitrogen and oxygen atoms in total. The van der Waals surface area contributed by atoms with Crippen molar-refractivity contribution in [3.63, 3.8) is 0 Å². The zero-order valence-electron chi connectivity index (χ0n) is 16.2. The van der Waals surface area contributed by atoms with E-state index in [-0.39, 0.29) is 35.9 Å². The third-order valence-electron chi connectivity index (χ3n) is 4.31. The maximum Gasteiger partial charge on any atom is 0.401 e. The quantitative estimate of drug-likeness (QED) is 0.361. The van der Waals surface area contributed by atoms with Gasteiger partial charge in [-0.1, -0.05) is 12.1 Å². The first kappa shape index (κ1) is 24.5. The van der Waals surface area contributed by atoms with Gasteiger partial charge in [0, 0.05) is 52.4 Å². The first-order valence-electron chi connectivity index (χ1n) is 8.75. The lowest BCUT2D eigenvalue weighted by Crippen LogP contribution is -2.44. The number of nitrogens with one attached hydrogen (secondary N) is 2. The molecule has 1 aromatic carbocycles. The first-order chi connectivity index (χ1) is 12.7. The molecule has 2 N–H and O–H groups in total. The molecule has 0 aromatic heterocycles. The molecule has 0 aliphatic carbocycles. The number of likely N-dealkylation sites (tertiary alicyclic amines) is 1. The Morgan fingerprint density at radius 1 is 1.29 bits per heavy atom. The SMILES string of the molecule is CN=C(NCc1ccc(C(=O)N(C)C)cc1)NC1CCN(CC(F)(F)F)C1.I. The Hall–Kier alpha value is -1.56. The van der Waals surface area contributed by atoms with Crippen molar-refractivity contribution < 1.29 is 18.0 Å². The highest BCUT2D eigenvalue weighted by Crippen LogP contribution is 2.19. The zero-order chi connectivity index (χ0) is 20.0. The molecule has 1 atom stereocenters. The van der Waals surface area contributed by atoms with Crippen molar-refractivity contribution in [2.24, 2.45) is 4.99 Å². The van der Waals surface area contributed by atoms with Gasteiger partial charge in [0.15, 0.2) is 5.96 Å². The predicted molar refractivity (Wildman–Crippen MR) is 114 cm³/mol. The monoisotopic (exact) mass is 513 g/mol. The number of rotatable bonds is 5. The van der Waals surface area contributed by atoms with Crippen LogP contribution in [0.3, 0.4) is 0 Å². The Balaban J connectivity index is 0.00000392. The molecule has 1 aromatic rings. The molecule has 0 radical (unpaired) electrons. The number of hydrogen-bond donors (Lipinski definition) is 2. The van der Waals surface area contributed by atoms with Gasteiger partial charge in [-0.25, -0.2) is 0 Å². The summed E-state index contributed by atoms with van der Waals surface area (Å²) in [6.07, 6.45) is -3.53. The van der Waals surface area contributed by atoms with Gasteiger partial charge in [0.25, 0.3) is 5.91 Å². The Morgan fingerprint density at radius 3 is 2.46 bits per heavy atom. The number of nitrogens with zero attached hydrogens (tertiary/aromatic N) is 3. The topological polar surface area (TPSA) is 60.0 Å². The van der Waals surface area contributed by atoms with E-state index < -0.39 is 12.7 Å². The van der Waals surface area contributed by atoms with Crippen LogP contribution in [0, 0.1) is 0 Å². The number of carbonyl (C=O) groups excluding carboxylic acids is 1. The molecular formula is C18H27F3IN5O. The summed E-state index contributed by atoms with van der Waals surface area (Å²) in [5.41, 5.74) is 1.58. The Bertz CT molecular complexity index is 664. The molecule has 2 rings (SSSR count). The van der Waals surface area contributed by atoms with E-state index in [9.17, 15) is 18.0 Å². The van der Waals surface area contributed by atoms with E-state index in [1.54, 1.807) is 33.3 Å². The molecule has 1 saturated heterocycles. The van der Waals surface area contributed by atoms with E-state index in [4.69, 9.17) is 0 Å². The van der Waals surface area contributed by atoms with Crippen molar-refractivity contribution >= 4 is 35.8 Å². The van der Waals surface area contributed by atoms with Gasteiger partial charge in [0.05, 0.1) is 6.54 Å². The molecule has 158 valence electrons. The predicted octanol–water partition coefficient (Wildman–Crippen LogP) is 2.31. The van der Waals surface area contributed by atoms with Crippen LogP contribution >= 0.6 is 24.0 Å². The molecule has 1 fully saturated rings. The lowest BCUT2D eigenvalue weighted by molar-refractivity contribution is -0.143. The van der Waals surface area contributed by atoms with Crippen molar-refractivity contribution in [1.29, 1.82) is 0 Å². The number of benzene rings is 1. The third kappa shape index (κ3) is 7.82. The average molecular weight is 513 g/mol. The molecule has 1 unspecified atom stereocenters. The van der Waals surface area contributed by atoms with Crippen LogP contribution in [0.1, 0.15) is 22.3 Å². The molecule has 1 aliphatic rings. The van der Waals surface area contributed by atoms with Gasteiger partial charge in [-0.2, -0.15) is 13.2 Å². The minimum absolute atomic E-state index is 0. The van der Waals surface area contributed by atoms with Crippen LogP contribution in [-0.2, 0) is 6.54 Å². The average Bonchev–Trinajstić information content (AvgIpc) is 3.03. The highest BCUT2D eigenvalue weighted by atomic mass is 127. The van der Waals surface area contributed by atoms with Crippen LogP contribution in [0.5, 0.6) is 0 Å². The van der Waals surface area contributed by atoms with Gasteiger partial charge in [0.1, 0.15) is 0 Å². The molecule has 0 saturated carbocycles. The van der Waals surface area contributed by atoms with E-state index in [2.05, 4.69) is 15.6 Å². The molecule has 0 bridgehead atoms. The minimum atomic E-state index is -4.17. The smallest absolute Gasteiger partial charge is 0.352 e. The Kier molecular flexibility index (Phi) is 9.48. The van der Waals surface area contributed by atoms with Gasteiger partial charge in [-0.3, -0.25) is 14.7 Å². The van der Waals surface area contributed by atoms with Crippen LogP contribution in [0.4, 0.5) is 13.2 Å². The summed E-state index contributed by atoms with van der Waals surface area (Å²) in [6, 6.07) is 7.18. The van der Waals surface area contributed by atoms with Crippen molar-refractivity contribution in [3.8, 4) is 0 Å². The molecule has 1 aliphatic heterocycles. The molecule has 0 spiro atoms. The van der Waals surface area contributed by atoms with E-state index in [1.807, 2.05) is 12.1 Å². The standard InChI is InChI=1S/C18H26F3N5O.HI/c1-22-17(24-15-8-9-26(11-15)12-18(19,20)21)23-10-13-4-6-14(7-5-13)16(27)25(2)3;/h4-7,15H,8-12H2,1-3H3,(H2,22,23,24);1H.